The number of benzene rings is 1. The van der Waals surface area contributed by atoms with Crippen LogP contribution < -0.4 is 20.9 Å². The molecule has 12 heteroatoms. The van der Waals surface area contributed by atoms with E-state index in [2.05, 4.69) is 25.4 Å². The van der Waals surface area contributed by atoms with Gasteiger partial charge in [0, 0.05) is 50.1 Å². The van der Waals surface area contributed by atoms with Gasteiger partial charge in [0.1, 0.15) is 0 Å². The predicted molar refractivity (Wildman–Crippen MR) is 130 cm³/mol. The monoisotopic (exact) mass is 486 g/mol. The highest BCUT2D eigenvalue weighted by molar-refractivity contribution is 7.90. The van der Waals surface area contributed by atoms with Crippen LogP contribution in [0.25, 0.3) is 0 Å². The molecule has 3 fully saturated rings. The molecule has 0 radical (unpaired) electrons. The molecule has 2 aromatic rings. The van der Waals surface area contributed by atoms with E-state index in [1.807, 2.05) is 36.1 Å². The summed E-state index contributed by atoms with van der Waals surface area (Å²) >= 11 is 0. The summed E-state index contributed by atoms with van der Waals surface area (Å²) in [7, 11) is -3.11. The molecule has 2 heterocycles. The fourth-order valence-corrected chi connectivity index (χ4v) is 6.19. The highest BCUT2D eigenvalue weighted by Crippen LogP contribution is 2.33. The average Bonchev–Trinajstić information content (AvgIpc) is 3.74. The van der Waals surface area contributed by atoms with Crippen LogP contribution in [0, 0.1) is 0 Å². The minimum Gasteiger partial charge on any atom is -0.369 e. The van der Waals surface area contributed by atoms with E-state index in [1.165, 1.54) is 0 Å². The Morgan fingerprint density at radius 2 is 1.76 bits per heavy atom. The van der Waals surface area contributed by atoms with Crippen molar-refractivity contribution in [1.82, 2.24) is 19.5 Å². The van der Waals surface area contributed by atoms with E-state index < -0.39 is 15.9 Å². The summed E-state index contributed by atoms with van der Waals surface area (Å²) < 4.78 is 26.5. The largest absolute Gasteiger partial charge is 0.369 e. The van der Waals surface area contributed by atoms with Crippen molar-refractivity contribution in [3.63, 3.8) is 0 Å². The number of amides is 1. The van der Waals surface area contributed by atoms with Crippen molar-refractivity contribution in [3.8, 4) is 0 Å². The van der Waals surface area contributed by atoms with E-state index in [4.69, 9.17) is 5.73 Å². The molecule has 3 aliphatic rings. The predicted octanol–water partition coefficient (Wildman–Crippen LogP) is 1.32. The Labute approximate surface area is 199 Å². The number of primary amides is 1. The molecule has 3 N–H and O–H groups in total. The van der Waals surface area contributed by atoms with Gasteiger partial charge in [0.2, 0.25) is 16.0 Å². The number of carbonyl (C=O) groups is 1. The zero-order chi connectivity index (χ0) is 23.9. The number of hydrogen-bond acceptors (Lipinski definition) is 9. The Hall–Kier alpha value is -2.99. The molecule has 0 unspecified atom stereocenters. The first-order valence-electron chi connectivity index (χ1n) is 11.8. The third-order valence-corrected chi connectivity index (χ3v) is 8.93. The second-order valence-corrected chi connectivity index (χ2v) is 11.2. The summed E-state index contributed by atoms with van der Waals surface area (Å²) in [6.45, 7) is 5.07. The zero-order valence-corrected chi connectivity index (χ0v) is 20.0. The van der Waals surface area contributed by atoms with E-state index in [9.17, 15) is 13.2 Å². The van der Waals surface area contributed by atoms with Crippen LogP contribution in [0.15, 0.2) is 24.3 Å². The van der Waals surface area contributed by atoms with Crippen molar-refractivity contribution in [3.05, 3.63) is 30.0 Å². The molecular weight excluding hydrogens is 456 g/mol. The van der Waals surface area contributed by atoms with Gasteiger partial charge in [-0.15, -0.1) is 10.2 Å². The number of carbonyl (C=O) groups excluding carboxylic acids is 1. The van der Waals surface area contributed by atoms with Crippen LogP contribution in [0.5, 0.6) is 0 Å². The Balaban J connectivity index is 1.25. The number of hydrogen-bond donors (Lipinski definition) is 2. The molecule has 34 heavy (non-hydrogen) atoms. The zero-order valence-electron chi connectivity index (χ0n) is 19.2. The van der Waals surface area contributed by atoms with Crippen LogP contribution in [0.3, 0.4) is 0 Å². The van der Waals surface area contributed by atoms with Crippen molar-refractivity contribution in [1.29, 1.82) is 0 Å². The number of nitrogens with zero attached hydrogens (tertiary/aromatic N) is 6. The van der Waals surface area contributed by atoms with Crippen LogP contribution in [-0.2, 0) is 10.0 Å². The summed E-state index contributed by atoms with van der Waals surface area (Å²) in [5.41, 5.74) is 7.40. The molecule has 1 aromatic carbocycles. The lowest BCUT2D eigenvalue weighted by molar-refractivity contribution is 0.0994. The van der Waals surface area contributed by atoms with Crippen LogP contribution in [-0.4, -0.2) is 77.8 Å². The molecule has 1 aliphatic heterocycles. The molecule has 5 rings (SSSR count). The van der Waals surface area contributed by atoms with Gasteiger partial charge < -0.3 is 20.9 Å². The third kappa shape index (κ3) is 4.64. The molecule has 2 saturated carbocycles. The summed E-state index contributed by atoms with van der Waals surface area (Å²) in [6, 6.07) is 8.18. The summed E-state index contributed by atoms with van der Waals surface area (Å²) in [4.78, 5) is 20.6. The highest BCUT2D eigenvalue weighted by atomic mass is 32.2. The molecule has 0 bridgehead atoms. The lowest BCUT2D eigenvalue weighted by Crippen LogP contribution is -2.49. The van der Waals surface area contributed by atoms with Gasteiger partial charge in [-0.1, -0.05) is 0 Å². The summed E-state index contributed by atoms with van der Waals surface area (Å²) in [5, 5.41) is 11.1. The number of sulfonamides is 1. The van der Waals surface area contributed by atoms with E-state index >= 15 is 0 Å². The standard InChI is InChI=1S/C22H30N8O3S/c1-2-30(17-7-8-17)21-19(20(23)31)26-27-22(25-21)24-15-3-5-16(6-4-15)28-11-13-29(14-12-28)34(32,33)18-9-10-18/h3-6,17-18H,2,7-14H2,1H3,(H2,23,31)(H,24,25,27). The number of piperazine rings is 1. The maximum absolute atomic E-state index is 12.4. The summed E-state index contributed by atoms with van der Waals surface area (Å²) in [6.07, 6.45) is 3.70. The molecule has 0 atom stereocenters. The lowest BCUT2D eigenvalue weighted by Gasteiger charge is -2.35. The van der Waals surface area contributed by atoms with Gasteiger partial charge in [-0.25, -0.2) is 8.42 Å². The second kappa shape index (κ2) is 8.99. The minimum absolute atomic E-state index is 0.0810. The summed E-state index contributed by atoms with van der Waals surface area (Å²) in [5.74, 6) is 0.117. The maximum Gasteiger partial charge on any atom is 0.273 e. The number of aromatic nitrogens is 3. The van der Waals surface area contributed by atoms with E-state index in [0.29, 0.717) is 50.5 Å². The quantitative estimate of drug-likeness (QED) is 0.537. The van der Waals surface area contributed by atoms with Crippen molar-refractivity contribution < 1.29 is 13.2 Å². The topological polar surface area (TPSA) is 138 Å². The molecule has 182 valence electrons. The van der Waals surface area contributed by atoms with Gasteiger partial charge in [0.15, 0.2) is 11.5 Å². The van der Waals surface area contributed by atoms with E-state index in [0.717, 1.165) is 37.1 Å². The van der Waals surface area contributed by atoms with Gasteiger partial charge in [0.25, 0.3) is 5.91 Å². The fraction of sp³-hybridized carbons (Fsp3) is 0.545. The van der Waals surface area contributed by atoms with E-state index in [1.54, 1.807) is 4.31 Å². The van der Waals surface area contributed by atoms with E-state index in [-0.39, 0.29) is 10.9 Å². The van der Waals surface area contributed by atoms with Crippen LogP contribution in [0.4, 0.5) is 23.1 Å². The molecule has 11 nitrogen and oxygen atoms in total. The first-order chi connectivity index (χ1) is 16.4. The molecule has 1 saturated heterocycles. The Morgan fingerprint density at radius 3 is 2.32 bits per heavy atom. The second-order valence-electron chi connectivity index (χ2n) is 8.99. The number of nitrogens with two attached hydrogens (primary N) is 1. The maximum atomic E-state index is 12.4. The van der Waals surface area contributed by atoms with Gasteiger partial charge >= 0.3 is 0 Å². The van der Waals surface area contributed by atoms with Crippen molar-refractivity contribution in [2.24, 2.45) is 5.73 Å². The van der Waals surface area contributed by atoms with Crippen molar-refractivity contribution in [2.75, 3.05) is 47.8 Å². The van der Waals surface area contributed by atoms with Crippen LogP contribution in [0.1, 0.15) is 43.1 Å². The lowest BCUT2D eigenvalue weighted by atomic mass is 10.2. The molecular formula is C22H30N8O3S. The molecule has 1 aromatic heterocycles. The number of nitrogens with one attached hydrogen (secondary N) is 1. The minimum atomic E-state index is -3.11. The smallest absolute Gasteiger partial charge is 0.273 e. The van der Waals surface area contributed by atoms with Crippen molar-refractivity contribution in [2.45, 2.75) is 43.9 Å². The first kappa shape index (κ1) is 22.8. The third-order valence-electron chi connectivity index (χ3n) is 6.53. The SMILES string of the molecule is CCN(c1nc(Nc2ccc(N3CCN(S(=O)(=O)C4CC4)CC3)cc2)nnc1C(N)=O)C1CC1. The highest BCUT2D eigenvalue weighted by Gasteiger charge is 2.41. The normalized spacial score (nSPS) is 19.1. The first-order valence-corrected chi connectivity index (χ1v) is 13.3. The molecule has 1 amide bonds. The number of anilines is 4. The molecule has 2 aliphatic carbocycles. The average molecular weight is 487 g/mol. The fourth-order valence-electron chi connectivity index (χ4n) is 4.36. The molecule has 0 spiro atoms. The van der Waals surface area contributed by atoms with Gasteiger partial charge in [-0.2, -0.15) is 9.29 Å². The van der Waals surface area contributed by atoms with Gasteiger partial charge in [-0.05, 0) is 56.9 Å². The number of rotatable bonds is 9. The van der Waals surface area contributed by atoms with Crippen LogP contribution in [0.2, 0.25) is 0 Å². The van der Waals surface area contributed by atoms with Gasteiger partial charge in [-0.3, -0.25) is 4.79 Å². The van der Waals surface area contributed by atoms with Crippen molar-refractivity contribution >= 4 is 39.1 Å². The Bertz CT molecular complexity index is 1160. The van der Waals surface area contributed by atoms with Crippen LogP contribution >= 0.6 is 0 Å². The van der Waals surface area contributed by atoms with Gasteiger partial charge in [0.05, 0.1) is 5.25 Å². The Kier molecular flexibility index (Phi) is 6.02. The Morgan fingerprint density at radius 1 is 1.09 bits per heavy atom.